The second-order valence-corrected chi connectivity index (χ2v) is 5.79. The average molecular weight is 240 g/mol. The fraction of sp³-hybridized carbons (Fsp3) is 0.923. The monoisotopic (exact) mass is 240 g/mol. The zero-order chi connectivity index (χ0) is 12.3. The van der Waals surface area contributed by atoms with Gasteiger partial charge in [-0.2, -0.15) is 0 Å². The summed E-state index contributed by atoms with van der Waals surface area (Å²) in [5.74, 6) is 0.794. The quantitative estimate of drug-likeness (QED) is 0.749. The van der Waals surface area contributed by atoms with Gasteiger partial charge in [-0.1, -0.05) is 0 Å². The zero-order valence-electron chi connectivity index (χ0n) is 10.7. The molecule has 2 fully saturated rings. The molecule has 2 atom stereocenters. The predicted octanol–water partition coefficient (Wildman–Crippen LogP) is 0.749. The molecule has 98 valence electrons. The van der Waals surface area contributed by atoms with Crippen molar-refractivity contribution in [3.8, 4) is 0 Å². The van der Waals surface area contributed by atoms with Crippen LogP contribution in [-0.2, 0) is 4.79 Å². The third kappa shape index (κ3) is 3.68. The van der Waals surface area contributed by atoms with Gasteiger partial charge in [-0.25, -0.2) is 0 Å². The lowest BCUT2D eigenvalue weighted by Gasteiger charge is -2.23. The molecule has 4 heteroatoms. The molecule has 17 heavy (non-hydrogen) atoms. The topological polar surface area (TPSA) is 52.6 Å². The molecule has 0 aromatic carbocycles. The number of hydrogen-bond donors (Lipinski definition) is 2. The van der Waals surface area contributed by atoms with E-state index in [0.717, 1.165) is 38.9 Å². The van der Waals surface area contributed by atoms with Crippen LogP contribution in [0, 0.1) is 5.92 Å². The summed E-state index contributed by atoms with van der Waals surface area (Å²) < 4.78 is 0. The number of nitrogens with one attached hydrogen (secondary N) is 1. The minimum Gasteiger partial charge on any atom is -0.390 e. The summed E-state index contributed by atoms with van der Waals surface area (Å²) in [6.45, 7) is 5.44. The van der Waals surface area contributed by atoms with Crippen LogP contribution in [0.5, 0.6) is 0 Å². The predicted molar refractivity (Wildman–Crippen MR) is 66.6 cm³/mol. The Kier molecular flexibility index (Phi) is 4.05. The van der Waals surface area contributed by atoms with Crippen LogP contribution >= 0.6 is 0 Å². The first-order valence-corrected chi connectivity index (χ1v) is 6.78. The Balaban J connectivity index is 1.82. The van der Waals surface area contributed by atoms with Crippen molar-refractivity contribution in [3.63, 3.8) is 0 Å². The lowest BCUT2D eigenvalue weighted by atomic mass is 9.98. The van der Waals surface area contributed by atoms with Gasteiger partial charge in [-0.05, 0) is 51.6 Å². The number of amides is 1. The minimum absolute atomic E-state index is 0.274. The number of hydrogen-bond acceptors (Lipinski definition) is 3. The highest BCUT2D eigenvalue weighted by Crippen LogP contribution is 2.22. The maximum absolute atomic E-state index is 12.1. The smallest absolute Gasteiger partial charge is 0.222 e. The molecule has 0 radical (unpaired) electrons. The Labute approximate surface area is 103 Å². The molecule has 0 saturated carbocycles. The van der Waals surface area contributed by atoms with Crippen LogP contribution in [0.1, 0.15) is 39.0 Å². The first kappa shape index (κ1) is 12.8. The maximum Gasteiger partial charge on any atom is 0.222 e. The van der Waals surface area contributed by atoms with E-state index in [-0.39, 0.29) is 5.91 Å². The number of likely N-dealkylation sites (tertiary alicyclic amines) is 1. The van der Waals surface area contributed by atoms with Gasteiger partial charge in [0.1, 0.15) is 0 Å². The van der Waals surface area contributed by atoms with E-state index in [1.807, 2.05) is 11.8 Å². The third-order valence-corrected chi connectivity index (χ3v) is 4.04. The van der Waals surface area contributed by atoms with Crippen LogP contribution in [-0.4, -0.2) is 47.7 Å². The van der Waals surface area contributed by atoms with Gasteiger partial charge in [-0.3, -0.25) is 4.79 Å². The number of aliphatic hydroxyl groups is 1. The average Bonchev–Trinajstić information content (AvgIpc) is 2.68. The van der Waals surface area contributed by atoms with Gasteiger partial charge in [0.2, 0.25) is 5.91 Å². The summed E-state index contributed by atoms with van der Waals surface area (Å²) in [6.07, 6.45) is 4.23. The van der Waals surface area contributed by atoms with E-state index in [0.29, 0.717) is 25.3 Å². The molecule has 4 nitrogen and oxygen atoms in total. The SMILES string of the molecule is CC1(O)CCCN(C(=O)CC2CCNC2)CC1. The molecule has 0 aromatic rings. The molecule has 2 heterocycles. The molecule has 0 aliphatic carbocycles. The van der Waals surface area contributed by atoms with Gasteiger partial charge in [0.15, 0.2) is 0 Å². The maximum atomic E-state index is 12.1. The van der Waals surface area contributed by atoms with Crippen LogP contribution in [0.25, 0.3) is 0 Å². The van der Waals surface area contributed by atoms with Gasteiger partial charge >= 0.3 is 0 Å². The molecule has 2 aliphatic heterocycles. The molecule has 2 rings (SSSR count). The normalized spacial score (nSPS) is 34.7. The van der Waals surface area contributed by atoms with E-state index in [1.165, 1.54) is 0 Å². The molecular weight excluding hydrogens is 216 g/mol. The second-order valence-electron chi connectivity index (χ2n) is 5.79. The Morgan fingerprint density at radius 2 is 2.29 bits per heavy atom. The number of rotatable bonds is 2. The lowest BCUT2D eigenvalue weighted by Crippen LogP contribution is -2.34. The summed E-state index contributed by atoms with van der Waals surface area (Å²) >= 11 is 0. The van der Waals surface area contributed by atoms with Crippen LogP contribution in [0.3, 0.4) is 0 Å². The van der Waals surface area contributed by atoms with Crippen LogP contribution in [0.15, 0.2) is 0 Å². The van der Waals surface area contributed by atoms with E-state index < -0.39 is 5.60 Å². The van der Waals surface area contributed by atoms with Crippen molar-refractivity contribution in [1.29, 1.82) is 0 Å². The van der Waals surface area contributed by atoms with Crippen molar-refractivity contribution in [1.82, 2.24) is 10.2 Å². The first-order chi connectivity index (χ1) is 8.07. The van der Waals surface area contributed by atoms with Crippen molar-refractivity contribution in [2.45, 2.75) is 44.6 Å². The van der Waals surface area contributed by atoms with Gasteiger partial charge in [0.05, 0.1) is 5.60 Å². The second kappa shape index (κ2) is 5.36. The lowest BCUT2D eigenvalue weighted by molar-refractivity contribution is -0.132. The highest BCUT2D eigenvalue weighted by molar-refractivity contribution is 5.76. The van der Waals surface area contributed by atoms with E-state index in [9.17, 15) is 9.90 Å². The van der Waals surface area contributed by atoms with E-state index >= 15 is 0 Å². The first-order valence-electron chi connectivity index (χ1n) is 6.78. The van der Waals surface area contributed by atoms with Crippen molar-refractivity contribution in [2.24, 2.45) is 5.92 Å². The minimum atomic E-state index is -0.579. The number of nitrogens with zero attached hydrogens (tertiary/aromatic N) is 1. The van der Waals surface area contributed by atoms with E-state index in [4.69, 9.17) is 0 Å². The molecule has 0 spiro atoms. The van der Waals surface area contributed by atoms with Gasteiger partial charge in [0, 0.05) is 19.5 Å². The van der Waals surface area contributed by atoms with Crippen molar-refractivity contribution in [3.05, 3.63) is 0 Å². The van der Waals surface area contributed by atoms with E-state index in [1.54, 1.807) is 0 Å². The summed E-state index contributed by atoms with van der Waals surface area (Å²) in [5.41, 5.74) is -0.579. The van der Waals surface area contributed by atoms with Crippen LogP contribution < -0.4 is 5.32 Å². The highest BCUT2D eigenvalue weighted by atomic mass is 16.3. The van der Waals surface area contributed by atoms with Gasteiger partial charge in [-0.15, -0.1) is 0 Å². The van der Waals surface area contributed by atoms with Gasteiger partial charge in [0.25, 0.3) is 0 Å². The summed E-state index contributed by atoms with van der Waals surface area (Å²) in [7, 11) is 0. The Bertz CT molecular complexity index is 273. The van der Waals surface area contributed by atoms with Crippen LogP contribution in [0.2, 0.25) is 0 Å². The molecular formula is C13H24N2O2. The van der Waals surface area contributed by atoms with Crippen molar-refractivity contribution < 1.29 is 9.90 Å². The molecule has 2 N–H and O–H groups in total. The van der Waals surface area contributed by atoms with E-state index in [2.05, 4.69) is 5.32 Å². The molecule has 2 unspecified atom stereocenters. The largest absolute Gasteiger partial charge is 0.390 e. The molecule has 2 saturated heterocycles. The Morgan fingerprint density at radius 3 is 3.00 bits per heavy atom. The number of carbonyl (C=O) groups is 1. The standard InChI is InChI=1S/C13H24N2O2/c1-13(17)4-2-7-15(8-5-13)12(16)9-11-3-6-14-10-11/h11,14,17H,2-10H2,1H3. The fourth-order valence-corrected chi connectivity index (χ4v) is 2.78. The molecule has 0 aromatic heterocycles. The van der Waals surface area contributed by atoms with Crippen LogP contribution in [0.4, 0.5) is 0 Å². The molecule has 2 aliphatic rings. The zero-order valence-corrected chi connectivity index (χ0v) is 10.7. The van der Waals surface area contributed by atoms with Crippen molar-refractivity contribution >= 4 is 5.91 Å². The van der Waals surface area contributed by atoms with Gasteiger partial charge < -0.3 is 15.3 Å². The highest BCUT2D eigenvalue weighted by Gasteiger charge is 2.28. The Hall–Kier alpha value is -0.610. The Morgan fingerprint density at radius 1 is 1.47 bits per heavy atom. The summed E-state index contributed by atoms with van der Waals surface area (Å²) in [6, 6.07) is 0. The third-order valence-electron chi connectivity index (χ3n) is 4.04. The number of carbonyl (C=O) groups excluding carboxylic acids is 1. The summed E-state index contributed by atoms with van der Waals surface area (Å²) in [5, 5.41) is 13.3. The molecule has 0 bridgehead atoms. The molecule has 1 amide bonds. The fourth-order valence-electron chi connectivity index (χ4n) is 2.78. The summed E-state index contributed by atoms with van der Waals surface area (Å²) in [4.78, 5) is 14.1. The van der Waals surface area contributed by atoms with Crippen molar-refractivity contribution in [2.75, 3.05) is 26.2 Å².